The molecule has 0 atom stereocenters. The molecule has 1 saturated heterocycles. The molecule has 2 heterocycles. The molecule has 0 aromatic heterocycles. The first-order valence-corrected chi connectivity index (χ1v) is 9.87. The first kappa shape index (κ1) is 17.6. The Morgan fingerprint density at radius 2 is 2.00 bits per heavy atom. The zero-order valence-electron chi connectivity index (χ0n) is 14.7. The Labute approximate surface area is 161 Å². The van der Waals surface area contributed by atoms with Crippen molar-refractivity contribution in [2.75, 3.05) is 27.8 Å². The van der Waals surface area contributed by atoms with Gasteiger partial charge in [-0.15, -0.1) is 11.8 Å². The highest BCUT2D eigenvalue weighted by atomic mass is 32.2. The molecule has 7 heteroatoms. The maximum Gasteiger partial charge on any atom is 0.255 e. The summed E-state index contributed by atoms with van der Waals surface area (Å²) < 4.78 is 0. The van der Waals surface area contributed by atoms with Crippen LogP contribution in [0.4, 0.5) is 17.1 Å². The minimum atomic E-state index is -0.258. The third-order valence-corrected chi connectivity index (χ3v) is 5.67. The molecule has 0 radical (unpaired) electrons. The molecule has 2 N–H and O–H groups in total. The number of hydrogen-bond donors (Lipinski definition) is 2. The monoisotopic (exact) mass is 381 g/mol. The number of rotatable bonds is 3. The molecule has 2 aromatic rings. The quantitative estimate of drug-likeness (QED) is 0.853. The Hall–Kier alpha value is -2.80. The van der Waals surface area contributed by atoms with Gasteiger partial charge in [-0.1, -0.05) is 6.07 Å². The zero-order chi connectivity index (χ0) is 18.8. The number of nitrogens with zero attached hydrogens (tertiary/aromatic N) is 1. The largest absolute Gasteiger partial charge is 0.325 e. The van der Waals surface area contributed by atoms with Gasteiger partial charge in [-0.2, -0.15) is 0 Å². The highest BCUT2D eigenvalue weighted by molar-refractivity contribution is 7.99. The number of benzene rings is 2. The number of hydrogen-bond acceptors (Lipinski definition) is 4. The van der Waals surface area contributed by atoms with E-state index in [-0.39, 0.29) is 17.7 Å². The van der Waals surface area contributed by atoms with Crippen molar-refractivity contribution in [1.82, 2.24) is 0 Å². The summed E-state index contributed by atoms with van der Waals surface area (Å²) >= 11 is 1.60. The van der Waals surface area contributed by atoms with E-state index in [9.17, 15) is 14.4 Å². The summed E-state index contributed by atoms with van der Waals surface area (Å²) in [4.78, 5) is 39.0. The van der Waals surface area contributed by atoms with Crippen molar-refractivity contribution in [3.63, 3.8) is 0 Å². The van der Waals surface area contributed by atoms with Crippen LogP contribution in [0.5, 0.6) is 0 Å². The lowest BCUT2D eigenvalue weighted by Gasteiger charge is -2.17. The third-order valence-electron chi connectivity index (χ3n) is 4.59. The van der Waals surface area contributed by atoms with Gasteiger partial charge >= 0.3 is 0 Å². The van der Waals surface area contributed by atoms with Crippen molar-refractivity contribution in [2.45, 2.75) is 24.2 Å². The number of carbonyl (C=O) groups excluding carboxylic acids is 3. The Morgan fingerprint density at radius 1 is 1.11 bits per heavy atom. The van der Waals surface area contributed by atoms with E-state index in [1.54, 1.807) is 34.9 Å². The molecule has 3 amide bonds. The summed E-state index contributed by atoms with van der Waals surface area (Å²) in [5.74, 6) is 0.539. The van der Waals surface area contributed by atoms with E-state index < -0.39 is 0 Å². The summed E-state index contributed by atoms with van der Waals surface area (Å²) in [5.41, 5.74) is 2.57. The predicted molar refractivity (Wildman–Crippen MR) is 106 cm³/mol. The molecular weight excluding hydrogens is 362 g/mol. The topological polar surface area (TPSA) is 78.5 Å². The minimum Gasteiger partial charge on any atom is -0.325 e. The molecule has 4 rings (SSSR count). The lowest BCUT2D eigenvalue weighted by atomic mass is 10.1. The summed E-state index contributed by atoms with van der Waals surface area (Å²) in [7, 11) is 0. The molecule has 0 unspecified atom stereocenters. The van der Waals surface area contributed by atoms with E-state index in [1.807, 2.05) is 24.3 Å². The first-order chi connectivity index (χ1) is 13.1. The van der Waals surface area contributed by atoms with Gasteiger partial charge in [-0.05, 0) is 42.8 Å². The fourth-order valence-corrected chi connectivity index (χ4v) is 4.17. The summed E-state index contributed by atoms with van der Waals surface area (Å²) in [5, 5.41) is 5.72. The molecule has 0 bridgehead atoms. The molecule has 6 nitrogen and oxygen atoms in total. The second-order valence-corrected chi connectivity index (χ2v) is 7.65. The molecule has 138 valence electrons. The smallest absolute Gasteiger partial charge is 0.255 e. The van der Waals surface area contributed by atoms with Crippen LogP contribution in [-0.2, 0) is 9.59 Å². The maximum absolute atomic E-state index is 12.7. The van der Waals surface area contributed by atoms with Crippen LogP contribution in [-0.4, -0.2) is 30.0 Å². The summed E-state index contributed by atoms with van der Waals surface area (Å²) in [6.45, 7) is 0.707. The average Bonchev–Trinajstić information content (AvgIpc) is 2.99. The Balaban J connectivity index is 1.53. The van der Waals surface area contributed by atoms with E-state index in [2.05, 4.69) is 10.6 Å². The molecule has 27 heavy (non-hydrogen) atoms. The van der Waals surface area contributed by atoms with Gasteiger partial charge in [0.1, 0.15) is 0 Å². The molecule has 2 aromatic carbocycles. The van der Waals surface area contributed by atoms with Crippen LogP contribution in [0.15, 0.2) is 47.4 Å². The van der Waals surface area contributed by atoms with E-state index >= 15 is 0 Å². The van der Waals surface area contributed by atoms with Gasteiger partial charge in [-0.25, -0.2) is 0 Å². The molecule has 0 aliphatic carbocycles. The van der Waals surface area contributed by atoms with Gasteiger partial charge in [0.25, 0.3) is 5.91 Å². The van der Waals surface area contributed by atoms with Gasteiger partial charge in [0.2, 0.25) is 11.8 Å². The van der Waals surface area contributed by atoms with Crippen molar-refractivity contribution < 1.29 is 14.4 Å². The first-order valence-electron chi connectivity index (χ1n) is 8.89. The SMILES string of the molecule is O=C1CCSc2ccc(C(=O)Nc3cccc(N4CCCC4=O)c3)cc2N1. The van der Waals surface area contributed by atoms with Crippen molar-refractivity contribution in [3.8, 4) is 0 Å². The fraction of sp³-hybridized carbons (Fsp3) is 0.250. The van der Waals surface area contributed by atoms with E-state index in [0.29, 0.717) is 36.3 Å². The van der Waals surface area contributed by atoms with Gasteiger partial charge in [-0.3, -0.25) is 14.4 Å². The second kappa shape index (κ2) is 7.44. The van der Waals surface area contributed by atoms with Crippen LogP contribution < -0.4 is 15.5 Å². The van der Waals surface area contributed by atoms with Crippen LogP contribution in [0.25, 0.3) is 0 Å². The van der Waals surface area contributed by atoms with E-state index in [1.165, 1.54) is 0 Å². The summed E-state index contributed by atoms with van der Waals surface area (Å²) in [6.07, 6.45) is 1.88. The number of thioether (sulfide) groups is 1. The number of anilines is 3. The highest BCUT2D eigenvalue weighted by Crippen LogP contribution is 2.32. The van der Waals surface area contributed by atoms with Crippen molar-refractivity contribution in [3.05, 3.63) is 48.0 Å². The van der Waals surface area contributed by atoms with Crippen molar-refractivity contribution in [2.24, 2.45) is 0 Å². The number of nitrogens with one attached hydrogen (secondary N) is 2. The van der Waals surface area contributed by atoms with Crippen LogP contribution >= 0.6 is 11.8 Å². The van der Waals surface area contributed by atoms with Gasteiger partial charge < -0.3 is 15.5 Å². The standard InChI is InChI=1S/C20H19N3O3S/c24-18-8-10-27-17-7-6-13(11-16(17)22-18)20(26)21-14-3-1-4-15(12-14)23-9-2-5-19(23)25/h1,3-4,6-7,11-12H,2,5,8-10H2,(H,21,26)(H,22,24). The Morgan fingerprint density at radius 3 is 2.81 bits per heavy atom. The molecule has 0 saturated carbocycles. The van der Waals surface area contributed by atoms with Gasteiger partial charge in [0, 0.05) is 47.0 Å². The van der Waals surface area contributed by atoms with Crippen LogP contribution in [0.3, 0.4) is 0 Å². The maximum atomic E-state index is 12.7. The van der Waals surface area contributed by atoms with Crippen molar-refractivity contribution in [1.29, 1.82) is 0 Å². The second-order valence-electron chi connectivity index (χ2n) is 6.51. The van der Waals surface area contributed by atoms with Crippen LogP contribution in [0.2, 0.25) is 0 Å². The lowest BCUT2D eigenvalue weighted by Crippen LogP contribution is -2.23. The third kappa shape index (κ3) is 3.83. The lowest BCUT2D eigenvalue weighted by molar-refractivity contribution is -0.117. The van der Waals surface area contributed by atoms with Crippen molar-refractivity contribution >= 4 is 46.5 Å². The van der Waals surface area contributed by atoms with Gasteiger partial charge in [0.15, 0.2) is 0 Å². The van der Waals surface area contributed by atoms with Crippen LogP contribution in [0, 0.1) is 0 Å². The molecule has 2 aliphatic rings. The predicted octanol–water partition coefficient (Wildman–Crippen LogP) is 3.50. The van der Waals surface area contributed by atoms with Gasteiger partial charge in [0.05, 0.1) is 5.69 Å². The Bertz CT molecular complexity index is 928. The molecule has 2 aliphatic heterocycles. The molecular formula is C20H19N3O3S. The number of amides is 3. The van der Waals surface area contributed by atoms with Crippen LogP contribution in [0.1, 0.15) is 29.6 Å². The average molecular weight is 381 g/mol. The molecule has 1 fully saturated rings. The normalized spacial score (nSPS) is 16.5. The van der Waals surface area contributed by atoms with E-state index in [0.717, 1.165) is 22.8 Å². The number of fused-ring (bicyclic) bond motifs is 1. The Kier molecular flexibility index (Phi) is 4.85. The summed E-state index contributed by atoms with van der Waals surface area (Å²) in [6, 6.07) is 12.6. The fourth-order valence-electron chi connectivity index (χ4n) is 3.24. The molecule has 0 spiro atoms. The number of carbonyl (C=O) groups is 3. The highest BCUT2D eigenvalue weighted by Gasteiger charge is 2.22. The minimum absolute atomic E-state index is 0.0400. The van der Waals surface area contributed by atoms with E-state index in [4.69, 9.17) is 0 Å². The zero-order valence-corrected chi connectivity index (χ0v) is 15.5.